The van der Waals surface area contributed by atoms with E-state index in [1.165, 1.54) is 18.4 Å². The molecular weight excluding hydrogens is 378 g/mol. The van der Waals surface area contributed by atoms with E-state index in [2.05, 4.69) is 27.1 Å². The zero-order valence-electron chi connectivity index (χ0n) is 15.6. The Morgan fingerprint density at radius 2 is 2.21 bits per heavy atom. The van der Waals surface area contributed by atoms with Gasteiger partial charge in [0.05, 0.1) is 5.39 Å². The molecule has 28 heavy (non-hydrogen) atoms. The Morgan fingerprint density at radius 3 is 2.82 bits per heavy atom. The van der Waals surface area contributed by atoms with Crippen LogP contribution in [0.15, 0.2) is 28.5 Å². The Balaban J connectivity index is 2.17. The Hall–Kier alpha value is -3.22. The van der Waals surface area contributed by atoms with Crippen molar-refractivity contribution in [1.29, 1.82) is 0 Å². The highest BCUT2D eigenvalue weighted by molar-refractivity contribution is 7.09. The van der Waals surface area contributed by atoms with Crippen LogP contribution in [0.1, 0.15) is 34.9 Å². The van der Waals surface area contributed by atoms with Crippen molar-refractivity contribution >= 4 is 34.1 Å². The van der Waals surface area contributed by atoms with Crippen LogP contribution in [0, 0.1) is 11.8 Å². The summed E-state index contributed by atoms with van der Waals surface area (Å²) in [6.45, 7) is 3.80. The smallest absolute Gasteiger partial charge is 0.258 e. The number of hydrogen-bond acceptors (Lipinski definition) is 7. The van der Waals surface area contributed by atoms with Crippen molar-refractivity contribution in [2.75, 3.05) is 12.8 Å². The van der Waals surface area contributed by atoms with Gasteiger partial charge in [-0.25, -0.2) is 9.97 Å². The van der Waals surface area contributed by atoms with Gasteiger partial charge in [-0.1, -0.05) is 5.92 Å². The number of pyridine rings is 2. The molecule has 0 aromatic carbocycles. The molecule has 4 N–H and O–H groups in total. The molecule has 0 aliphatic rings. The molecule has 1 atom stereocenters. The van der Waals surface area contributed by atoms with Crippen LogP contribution in [0.5, 0.6) is 0 Å². The van der Waals surface area contributed by atoms with Gasteiger partial charge in [0.25, 0.3) is 5.91 Å². The summed E-state index contributed by atoms with van der Waals surface area (Å²) in [7, 11) is 1.44. The number of carbonyl (C=O) groups excluding carboxylic acids is 1. The quantitative estimate of drug-likeness (QED) is 0.568. The fourth-order valence-electron chi connectivity index (χ4n) is 2.77. The number of nitrogen functional groups attached to an aromatic ring is 1. The van der Waals surface area contributed by atoms with Gasteiger partial charge in [-0.05, 0) is 31.9 Å². The van der Waals surface area contributed by atoms with Crippen molar-refractivity contribution in [3.63, 3.8) is 0 Å². The van der Waals surface area contributed by atoms with Crippen LogP contribution >= 0.6 is 11.3 Å². The average molecular weight is 397 g/mol. The summed E-state index contributed by atoms with van der Waals surface area (Å²) >= 11 is 1.30. The Bertz CT molecular complexity index is 1170. The number of aromatic nitrogens is 3. The minimum absolute atomic E-state index is 0.0479. The molecule has 3 rings (SSSR count). The lowest BCUT2D eigenvalue weighted by molar-refractivity contribution is 0.0962. The van der Waals surface area contributed by atoms with Crippen LogP contribution in [0.4, 0.5) is 5.82 Å². The SMILES string of the molecule is CCn1c(N)c(C(=O)NC)c(=O)c2ccc(C#CC(C)(O)c3nccs3)nc21. The Morgan fingerprint density at radius 1 is 1.46 bits per heavy atom. The van der Waals surface area contributed by atoms with E-state index in [-0.39, 0.29) is 16.8 Å². The molecule has 3 heterocycles. The zero-order chi connectivity index (χ0) is 20.5. The third-order valence-corrected chi connectivity index (χ3v) is 5.19. The number of thiazole rings is 1. The van der Waals surface area contributed by atoms with Crippen molar-refractivity contribution in [1.82, 2.24) is 19.9 Å². The largest absolute Gasteiger partial charge is 0.384 e. The number of amides is 1. The third-order valence-electron chi connectivity index (χ3n) is 4.20. The van der Waals surface area contributed by atoms with Gasteiger partial charge in [-0.2, -0.15) is 0 Å². The second-order valence-corrected chi connectivity index (χ2v) is 7.03. The Kier molecular flexibility index (Phi) is 5.18. The summed E-state index contributed by atoms with van der Waals surface area (Å²) in [6, 6.07) is 3.13. The molecule has 0 radical (unpaired) electrons. The topological polar surface area (TPSA) is 123 Å². The van der Waals surface area contributed by atoms with Crippen molar-refractivity contribution in [3.8, 4) is 11.8 Å². The fraction of sp³-hybridized carbons (Fsp3) is 0.263. The summed E-state index contributed by atoms with van der Waals surface area (Å²) in [5.41, 5.74) is 4.75. The number of carbonyl (C=O) groups is 1. The number of nitrogens with one attached hydrogen (secondary N) is 1. The van der Waals surface area contributed by atoms with E-state index in [0.29, 0.717) is 22.9 Å². The van der Waals surface area contributed by atoms with E-state index >= 15 is 0 Å². The highest BCUT2D eigenvalue weighted by Gasteiger charge is 2.23. The van der Waals surface area contributed by atoms with E-state index in [4.69, 9.17) is 5.73 Å². The Labute approximate surface area is 165 Å². The molecule has 144 valence electrons. The van der Waals surface area contributed by atoms with Crippen molar-refractivity contribution in [2.24, 2.45) is 0 Å². The van der Waals surface area contributed by atoms with Gasteiger partial charge in [0.2, 0.25) is 5.43 Å². The standard InChI is InChI=1S/C19H19N5O3S/c1-4-24-15(20)13(17(26)21-3)14(25)12-6-5-11(23-16(12)24)7-8-19(2,27)18-22-9-10-28-18/h5-6,9-10,27H,4,20H2,1-3H3,(H,21,26). The van der Waals surface area contributed by atoms with E-state index in [0.717, 1.165) is 0 Å². The van der Waals surface area contributed by atoms with Gasteiger partial charge in [0.15, 0.2) is 5.60 Å². The summed E-state index contributed by atoms with van der Waals surface area (Å²) in [5, 5.41) is 15.4. The van der Waals surface area contributed by atoms with Gasteiger partial charge in [0.1, 0.15) is 27.7 Å². The third kappa shape index (κ3) is 3.35. The van der Waals surface area contributed by atoms with Crippen molar-refractivity contribution in [2.45, 2.75) is 26.0 Å². The predicted molar refractivity (Wildman–Crippen MR) is 108 cm³/mol. The molecule has 0 saturated heterocycles. The van der Waals surface area contributed by atoms with E-state index in [9.17, 15) is 14.7 Å². The summed E-state index contributed by atoms with van der Waals surface area (Å²) < 4.78 is 1.59. The van der Waals surface area contributed by atoms with E-state index in [1.807, 2.05) is 6.92 Å². The molecule has 0 saturated carbocycles. The normalized spacial score (nSPS) is 12.9. The number of anilines is 1. The maximum Gasteiger partial charge on any atom is 0.258 e. The molecule has 0 aliphatic heterocycles. The minimum atomic E-state index is -1.42. The molecule has 0 aliphatic carbocycles. The number of rotatable bonds is 3. The highest BCUT2D eigenvalue weighted by atomic mass is 32.1. The van der Waals surface area contributed by atoms with Gasteiger partial charge in [-0.15, -0.1) is 11.3 Å². The lowest BCUT2D eigenvalue weighted by Crippen LogP contribution is -2.30. The van der Waals surface area contributed by atoms with Crippen LogP contribution in [0.2, 0.25) is 0 Å². The van der Waals surface area contributed by atoms with Crippen LogP contribution < -0.4 is 16.5 Å². The number of aryl methyl sites for hydroxylation is 1. The maximum absolute atomic E-state index is 12.7. The van der Waals surface area contributed by atoms with Gasteiger partial charge >= 0.3 is 0 Å². The molecule has 9 heteroatoms. The second-order valence-electron chi connectivity index (χ2n) is 6.14. The lowest BCUT2D eigenvalue weighted by atomic mass is 10.1. The zero-order valence-corrected chi connectivity index (χ0v) is 16.4. The van der Waals surface area contributed by atoms with Gasteiger partial charge in [0, 0.05) is 25.2 Å². The molecule has 1 unspecified atom stereocenters. The van der Waals surface area contributed by atoms with E-state index in [1.54, 1.807) is 35.2 Å². The van der Waals surface area contributed by atoms with Crippen LogP contribution in [-0.4, -0.2) is 32.6 Å². The first-order valence-corrected chi connectivity index (χ1v) is 9.38. The maximum atomic E-state index is 12.7. The van der Waals surface area contributed by atoms with Crippen LogP contribution in [-0.2, 0) is 12.1 Å². The van der Waals surface area contributed by atoms with Gasteiger partial charge < -0.3 is 20.7 Å². The minimum Gasteiger partial charge on any atom is -0.384 e. The molecule has 3 aromatic rings. The first-order chi connectivity index (χ1) is 13.3. The lowest BCUT2D eigenvalue weighted by Gasteiger charge is -2.15. The predicted octanol–water partition coefficient (Wildman–Crippen LogP) is 1.07. The number of hydrogen-bond donors (Lipinski definition) is 3. The molecule has 1 amide bonds. The molecule has 3 aromatic heterocycles. The fourth-order valence-corrected chi connectivity index (χ4v) is 3.42. The molecule has 0 bridgehead atoms. The van der Waals surface area contributed by atoms with Crippen molar-refractivity contribution in [3.05, 3.63) is 50.2 Å². The monoisotopic (exact) mass is 397 g/mol. The molecular formula is C19H19N5O3S. The average Bonchev–Trinajstić information content (AvgIpc) is 3.22. The van der Waals surface area contributed by atoms with Crippen LogP contribution in [0.3, 0.4) is 0 Å². The summed E-state index contributed by atoms with van der Waals surface area (Å²) in [4.78, 5) is 33.3. The van der Waals surface area contributed by atoms with Crippen molar-refractivity contribution < 1.29 is 9.90 Å². The number of fused-ring (bicyclic) bond motifs is 1. The molecule has 0 spiro atoms. The molecule has 0 fully saturated rings. The number of nitrogens with zero attached hydrogens (tertiary/aromatic N) is 3. The highest BCUT2D eigenvalue weighted by Crippen LogP contribution is 2.22. The molecule has 8 nitrogen and oxygen atoms in total. The number of aliphatic hydroxyl groups is 1. The first kappa shape index (κ1) is 19.5. The first-order valence-electron chi connectivity index (χ1n) is 8.50. The van der Waals surface area contributed by atoms with Crippen LogP contribution in [0.25, 0.3) is 11.0 Å². The number of nitrogens with two attached hydrogens (primary N) is 1. The van der Waals surface area contributed by atoms with E-state index < -0.39 is 16.9 Å². The summed E-state index contributed by atoms with van der Waals surface area (Å²) in [6.07, 6.45) is 1.59. The second kappa shape index (κ2) is 7.42. The van der Waals surface area contributed by atoms with Gasteiger partial charge in [-0.3, -0.25) is 9.59 Å². The summed E-state index contributed by atoms with van der Waals surface area (Å²) in [5.74, 6) is 5.08.